The number of hydrogen-bond acceptors (Lipinski definition) is 3. The third-order valence-electron chi connectivity index (χ3n) is 2.08. The zero-order valence-electron chi connectivity index (χ0n) is 9.11. The van der Waals surface area contributed by atoms with E-state index in [1.807, 2.05) is 0 Å². The molecule has 1 atom stereocenters. The minimum absolute atomic E-state index is 0.164. The number of nitrogens with one attached hydrogen (secondary N) is 1. The van der Waals surface area contributed by atoms with E-state index in [9.17, 15) is 4.79 Å². The Morgan fingerprint density at radius 2 is 1.87 bits per heavy atom. The first-order valence-electron chi connectivity index (χ1n) is 4.65. The molecule has 0 radical (unpaired) electrons. The lowest BCUT2D eigenvalue weighted by Crippen LogP contribution is -2.26. The van der Waals surface area contributed by atoms with E-state index in [1.165, 1.54) is 7.11 Å². The number of anilines is 1. The highest BCUT2D eigenvalue weighted by Gasteiger charge is 2.10. The molecule has 1 aromatic rings. The highest BCUT2D eigenvalue weighted by molar-refractivity contribution is 5.93. The van der Waals surface area contributed by atoms with Crippen LogP contribution < -0.4 is 10.1 Å². The van der Waals surface area contributed by atoms with E-state index in [1.54, 1.807) is 38.3 Å². The van der Waals surface area contributed by atoms with Gasteiger partial charge in [0.1, 0.15) is 11.9 Å². The van der Waals surface area contributed by atoms with Crippen molar-refractivity contribution in [2.24, 2.45) is 0 Å². The molecule has 15 heavy (non-hydrogen) atoms. The standard InChI is InChI=1S/C11H15NO3/c1-8(14-2)11(13)12-9-4-6-10(15-3)7-5-9/h4-8H,1-3H3,(H,12,13). The fraction of sp³-hybridized carbons (Fsp3) is 0.364. The van der Waals surface area contributed by atoms with Crippen LogP contribution in [-0.4, -0.2) is 26.2 Å². The topological polar surface area (TPSA) is 47.6 Å². The quantitative estimate of drug-likeness (QED) is 0.820. The summed E-state index contributed by atoms with van der Waals surface area (Å²) in [4.78, 5) is 11.4. The number of amides is 1. The Labute approximate surface area is 89.2 Å². The molecule has 0 aliphatic carbocycles. The number of benzene rings is 1. The Hall–Kier alpha value is -1.55. The molecule has 0 aromatic heterocycles. The predicted octanol–water partition coefficient (Wildman–Crippen LogP) is 1.67. The first-order chi connectivity index (χ1) is 7.17. The minimum Gasteiger partial charge on any atom is -0.497 e. The van der Waals surface area contributed by atoms with Gasteiger partial charge in [-0.3, -0.25) is 4.79 Å². The molecule has 0 fully saturated rings. The van der Waals surface area contributed by atoms with Gasteiger partial charge in [-0.05, 0) is 31.2 Å². The Kier molecular flexibility index (Phi) is 4.12. The molecule has 0 saturated carbocycles. The molecule has 0 aliphatic rings. The second kappa shape index (κ2) is 5.36. The monoisotopic (exact) mass is 209 g/mol. The molecular weight excluding hydrogens is 194 g/mol. The highest BCUT2D eigenvalue weighted by Crippen LogP contribution is 2.15. The molecular formula is C11H15NO3. The molecule has 4 heteroatoms. The van der Waals surface area contributed by atoms with Gasteiger partial charge in [-0.2, -0.15) is 0 Å². The highest BCUT2D eigenvalue weighted by atomic mass is 16.5. The van der Waals surface area contributed by atoms with E-state index in [0.29, 0.717) is 0 Å². The fourth-order valence-electron chi connectivity index (χ4n) is 1.03. The molecule has 1 aromatic carbocycles. The van der Waals surface area contributed by atoms with Crippen LogP contribution in [0.2, 0.25) is 0 Å². The first-order valence-corrected chi connectivity index (χ1v) is 4.65. The van der Waals surface area contributed by atoms with E-state index in [4.69, 9.17) is 9.47 Å². The number of rotatable bonds is 4. The second-order valence-corrected chi connectivity index (χ2v) is 3.10. The number of carbonyl (C=O) groups is 1. The van der Waals surface area contributed by atoms with Crippen molar-refractivity contribution in [3.8, 4) is 5.75 Å². The van der Waals surface area contributed by atoms with Crippen molar-refractivity contribution in [3.63, 3.8) is 0 Å². The van der Waals surface area contributed by atoms with Crippen molar-refractivity contribution in [3.05, 3.63) is 24.3 Å². The summed E-state index contributed by atoms with van der Waals surface area (Å²) >= 11 is 0. The summed E-state index contributed by atoms with van der Waals surface area (Å²) in [5.41, 5.74) is 0.727. The molecule has 1 N–H and O–H groups in total. The smallest absolute Gasteiger partial charge is 0.253 e. The molecule has 0 spiro atoms. The number of carbonyl (C=O) groups excluding carboxylic acids is 1. The van der Waals surface area contributed by atoms with Crippen molar-refractivity contribution in [1.82, 2.24) is 0 Å². The lowest BCUT2D eigenvalue weighted by Gasteiger charge is -2.10. The van der Waals surface area contributed by atoms with E-state index in [-0.39, 0.29) is 5.91 Å². The summed E-state index contributed by atoms with van der Waals surface area (Å²) < 4.78 is 9.90. The van der Waals surface area contributed by atoms with Gasteiger partial charge in [-0.25, -0.2) is 0 Å². The average molecular weight is 209 g/mol. The molecule has 0 heterocycles. The fourth-order valence-corrected chi connectivity index (χ4v) is 1.03. The van der Waals surface area contributed by atoms with Crippen LogP contribution in [0.15, 0.2) is 24.3 Å². The summed E-state index contributed by atoms with van der Waals surface area (Å²) in [6.45, 7) is 1.69. The van der Waals surface area contributed by atoms with Crippen molar-refractivity contribution in [2.75, 3.05) is 19.5 Å². The molecule has 1 amide bonds. The Balaban J connectivity index is 2.61. The van der Waals surface area contributed by atoms with Crippen LogP contribution in [0, 0.1) is 0 Å². The van der Waals surface area contributed by atoms with Crippen LogP contribution in [0.5, 0.6) is 5.75 Å². The van der Waals surface area contributed by atoms with E-state index < -0.39 is 6.10 Å². The summed E-state index contributed by atoms with van der Waals surface area (Å²) in [7, 11) is 3.10. The number of hydrogen-bond donors (Lipinski definition) is 1. The van der Waals surface area contributed by atoms with Gasteiger partial charge in [-0.1, -0.05) is 0 Å². The van der Waals surface area contributed by atoms with Crippen LogP contribution in [0.25, 0.3) is 0 Å². The van der Waals surface area contributed by atoms with Crippen molar-refractivity contribution >= 4 is 11.6 Å². The van der Waals surface area contributed by atoms with Gasteiger partial charge in [0.05, 0.1) is 7.11 Å². The molecule has 1 rings (SSSR count). The predicted molar refractivity (Wildman–Crippen MR) is 58.1 cm³/mol. The molecule has 0 bridgehead atoms. The van der Waals surface area contributed by atoms with Gasteiger partial charge < -0.3 is 14.8 Å². The van der Waals surface area contributed by atoms with Crippen LogP contribution in [0.3, 0.4) is 0 Å². The number of methoxy groups -OCH3 is 2. The summed E-state index contributed by atoms with van der Waals surface area (Å²) in [5.74, 6) is 0.593. The largest absolute Gasteiger partial charge is 0.497 e. The molecule has 1 unspecified atom stereocenters. The summed E-state index contributed by atoms with van der Waals surface area (Å²) in [6.07, 6.45) is -0.452. The van der Waals surface area contributed by atoms with Crippen LogP contribution in [0.4, 0.5) is 5.69 Å². The van der Waals surface area contributed by atoms with E-state index in [2.05, 4.69) is 5.32 Å². The number of ether oxygens (including phenoxy) is 2. The molecule has 82 valence electrons. The summed E-state index contributed by atoms with van der Waals surface area (Å²) in [5, 5.41) is 2.72. The minimum atomic E-state index is -0.452. The lowest BCUT2D eigenvalue weighted by molar-refractivity contribution is -0.124. The lowest BCUT2D eigenvalue weighted by atomic mass is 10.3. The van der Waals surface area contributed by atoms with Crippen molar-refractivity contribution in [2.45, 2.75) is 13.0 Å². The van der Waals surface area contributed by atoms with Gasteiger partial charge in [0.2, 0.25) is 0 Å². The van der Waals surface area contributed by atoms with E-state index >= 15 is 0 Å². The second-order valence-electron chi connectivity index (χ2n) is 3.10. The normalized spacial score (nSPS) is 11.9. The van der Waals surface area contributed by atoms with Crippen LogP contribution in [-0.2, 0) is 9.53 Å². The molecule has 0 aliphatic heterocycles. The maximum Gasteiger partial charge on any atom is 0.253 e. The first kappa shape index (κ1) is 11.5. The van der Waals surface area contributed by atoms with Gasteiger partial charge in [0, 0.05) is 12.8 Å². The van der Waals surface area contributed by atoms with Crippen molar-refractivity contribution in [1.29, 1.82) is 0 Å². The van der Waals surface area contributed by atoms with Gasteiger partial charge >= 0.3 is 0 Å². The molecule has 0 saturated heterocycles. The maximum absolute atomic E-state index is 11.4. The third-order valence-corrected chi connectivity index (χ3v) is 2.08. The van der Waals surface area contributed by atoms with Crippen LogP contribution >= 0.6 is 0 Å². The molecule has 4 nitrogen and oxygen atoms in total. The SMILES string of the molecule is COc1ccc(NC(=O)C(C)OC)cc1. The van der Waals surface area contributed by atoms with E-state index in [0.717, 1.165) is 11.4 Å². The van der Waals surface area contributed by atoms with Crippen LogP contribution in [0.1, 0.15) is 6.92 Å². The zero-order chi connectivity index (χ0) is 11.3. The third kappa shape index (κ3) is 3.25. The van der Waals surface area contributed by atoms with Gasteiger partial charge in [0.25, 0.3) is 5.91 Å². The van der Waals surface area contributed by atoms with Gasteiger partial charge in [-0.15, -0.1) is 0 Å². The summed E-state index contributed by atoms with van der Waals surface area (Å²) in [6, 6.07) is 7.12. The Morgan fingerprint density at radius 3 is 2.33 bits per heavy atom. The Bertz CT molecular complexity index is 321. The average Bonchev–Trinajstić information content (AvgIpc) is 2.29. The van der Waals surface area contributed by atoms with Crippen molar-refractivity contribution < 1.29 is 14.3 Å². The maximum atomic E-state index is 11.4. The Morgan fingerprint density at radius 1 is 1.27 bits per heavy atom. The zero-order valence-corrected chi connectivity index (χ0v) is 9.11. The van der Waals surface area contributed by atoms with Gasteiger partial charge in [0.15, 0.2) is 0 Å².